The topological polar surface area (TPSA) is 55.6 Å². The molecule has 0 spiro atoms. The maximum Gasteiger partial charge on any atom is 0.248 e. The maximum atomic E-state index is 11.1. The van der Waals surface area contributed by atoms with Crippen LogP contribution in [0.3, 0.4) is 0 Å². The molecule has 0 atom stereocenters. The van der Waals surface area contributed by atoms with Crippen LogP contribution in [-0.2, 0) is 0 Å². The number of benzene rings is 2. The molecule has 0 aromatic heterocycles. The number of hydrogen-bond acceptors (Lipinski definition) is 3. The van der Waals surface area contributed by atoms with Crippen molar-refractivity contribution < 1.29 is 9.53 Å². The first kappa shape index (κ1) is 13.0. The first-order valence-corrected chi connectivity index (χ1v) is 5.91. The average molecular weight is 256 g/mol. The minimum Gasteiger partial charge on any atom is -0.457 e. The molecule has 2 aromatic rings. The molecule has 0 saturated carbocycles. The monoisotopic (exact) mass is 256 g/mol. The molecule has 4 heteroatoms. The van der Waals surface area contributed by atoms with Crippen molar-refractivity contribution in [3.05, 3.63) is 54.1 Å². The van der Waals surface area contributed by atoms with Gasteiger partial charge in [-0.05, 0) is 30.3 Å². The van der Waals surface area contributed by atoms with Crippen molar-refractivity contribution in [1.82, 2.24) is 0 Å². The predicted molar refractivity (Wildman–Crippen MR) is 75.8 cm³/mol. The largest absolute Gasteiger partial charge is 0.457 e. The Labute approximate surface area is 112 Å². The number of primary amides is 1. The summed E-state index contributed by atoms with van der Waals surface area (Å²) in [4.78, 5) is 13.1. The van der Waals surface area contributed by atoms with Crippen LogP contribution >= 0.6 is 0 Å². The van der Waals surface area contributed by atoms with Crippen LogP contribution in [0, 0.1) is 0 Å². The maximum absolute atomic E-state index is 11.1. The van der Waals surface area contributed by atoms with Crippen LogP contribution in [0.15, 0.2) is 48.5 Å². The molecule has 0 unspecified atom stereocenters. The summed E-state index contributed by atoms with van der Waals surface area (Å²) in [7, 11) is 3.93. The van der Waals surface area contributed by atoms with E-state index in [-0.39, 0.29) is 0 Å². The van der Waals surface area contributed by atoms with Gasteiger partial charge in [0.15, 0.2) is 0 Å². The molecule has 0 aliphatic rings. The first-order chi connectivity index (χ1) is 9.06. The third kappa shape index (κ3) is 3.25. The minimum absolute atomic E-state index is 0.432. The van der Waals surface area contributed by atoms with Crippen molar-refractivity contribution in [2.75, 3.05) is 19.0 Å². The fraction of sp³-hybridized carbons (Fsp3) is 0.133. The van der Waals surface area contributed by atoms with E-state index in [9.17, 15) is 4.79 Å². The van der Waals surface area contributed by atoms with Crippen LogP contribution < -0.4 is 15.4 Å². The lowest BCUT2D eigenvalue weighted by atomic mass is 10.2. The second kappa shape index (κ2) is 5.44. The SMILES string of the molecule is CN(C)c1cccc(Oc2cccc(C(N)=O)c2)c1. The standard InChI is InChI=1S/C15H16N2O2/c1-17(2)12-6-4-8-14(10-12)19-13-7-3-5-11(9-13)15(16)18/h3-10H,1-2H3,(H2,16,18). The molecule has 2 rings (SSSR count). The summed E-state index contributed by atoms with van der Waals surface area (Å²) in [6, 6.07) is 14.5. The van der Waals surface area contributed by atoms with Crippen LogP contribution in [0.4, 0.5) is 5.69 Å². The lowest BCUT2D eigenvalue weighted by molar-refractivity contribution is 0.1000. The first-order valence-electron chi connectivity index (χ1n) is 5.91. The van der Waals surface area contributed by atoms with Gasteiger partial charge in [0.2, 0.25) is 5.91 Å². The van der Waals surface area contributed by atoms with Gasteiger partial charge in [-0.25, -0.2) is 0 Å². The Bertz CT molecular complexity index is 594. The Balaban J connectivity index is 2.23. The summed E-state index contributed by atoms with van der Waals surface area (Å²) in [5, 5.41) is 0. The Hall–Kier alpha value is -2.49. The molecular formula is C15H16N2O2. The third-order valence-electron chi connectivity index (χ3n) is 2.69. The van der Waals surface area contributed by atoms with Gasteiger partial charge in [-0.2, -0.15) is 0 Å². The highest BCUT2D eigenvalue weighted by molar-refractivity contribution is 5.93. The number of nitrogens with zero attached hydrogens (tertiary/aromatic N) is 1. The molecule has 98 valence electrons. The van der Waals surface area contributed by atoms with E-state index in [1.54, 1.807) is 24.3 Å². The van der Waals surface area contributed by atoms with Crippen LogP contribution in [0.1, 0.15) is 10.4 Å². The summed E-state index contributed by atoms with van der Waals surface area (Å²) < 4.78 is 5.73. The highest BCUT2D eigenvalue weighted by Crippen LogP contribution is 2.25. The summed E-state index contributed by atoms with van der Waals surface area (Å²) in [5.74, 6) is 0.840. The second-order valence-corrected chi connectivity index (χ2v) is 4.39. The molecular weight excluding hydrogens is 240 g/mol. The van der Waals surface area contributed by atoms with Gasteiger partial charge in [0, 0.05) is 31.4 Å². The Kier molecular flexibility index (Phi) is 3.71. The average Bonchev–Trinajstić information content (AvgIpc) is 2.39. The van der Waals surface area contributed by atoms with E-state index < -0.39 is 5.91 Å². The molecule has 2 N–H and O–H groups in total. The Morgan fingerprint density at radius 1 is 1.05 bits per heavy atom. The second-order valence-electron chi connectivity index (χ2n) is 4.39. The molecule has 0 aliphatic carbocycles. The molecule has 0 heterocycles. The van der Waals surface area contributed by atoms with Gasteiger partial charge >= 0.3 is 0 Å². The summed E-state index contributed by atoms with van der Waals surface area (Å²) in [5.41, 5.74) is 6.72. The smallest absolute Gasteiger partial charge is 0.248 e. The van der Waals surface area contributed by atoms with Gasteiger partial charge in [0.1, 0.15) is 11.5 Å². The van der Waals surface area contributed by atoms with Crippen molar-refractivity contribution in [2.45, 2.75) is 0 Å². The number of rotatable bonds is 4. The molecule has 4 nitrogen and oxygen atoms in total. The predicted octanol–water partition coefficient (Wildman–Crippen LogP) is 2.64. The van der Waals surface area contributed by atoms with Crippen molar-refractivity contribution in [3.8, 4) is 11.5 Å². The van der Waals surface area contributed by atoms with Crippen molar-refractivity contribution in [3.63, 3.8) is 0 Å². The fourth-order valence-corrected chi connectivity index (χ4v) is 1.67. The molecule has 2 aromatic carbocycles. The normalized spacial score (nSPS) is 10.0. The van der Waals surface area contributed by atoms with E-state index >= 15 is 0 Å². The molecule has 0 radical (unpaired) electrons. The number of hydrogen-bond donors (Lipinski definition) is 1. The van der Waals surface area contributed by atoms with E-state index in [0.717, 1.165) is 5.69 Å². The van der Waals surface area contributed by atoms with E-state index in [1.807, 2.05) is 43.3 Å². The number of ether oxygens (including phenoxy) is 1. The lowest BCUT2D eigenvalue weighted by Gasteiger charge is -2.14. The molecule has 0 fully saturated rings. The van der Waals surface area contributed by atoms with Gasteiger partial charge in [-0.3, -0.25) is 4.79 Å². The van der Waals surface area contributed by atoms with Gasteiger partial charge in [0.05, 0.1) is 0 Å². The minimum atomic E-state index is -0.465. The van der Waals surface area contributed by atoms with Gasteiger partial charge in [-0.1, -0.05) is 12.1 Å². The Morgan fingerprint density at radius 2 is 1.68 bits per heavy atom. The molecule has 19 heavy (non-hydrogen) atoms. The lowest BCUT2D eigenvalue weighted by Crippen LogP contribution is -2.10. The zero-order valence-corrected chi connectivity index (χ0v) is 11.0. The van der Waals surface area contributed by atoms with E-state index in [1.165, 1.54) is 0 Å². The van der Waals surface area contributed by atoms with Gasteiger partial charge < -0.3 is 15.4 Å². The fourth-order valence-electron chi connectivity index (χ4n) is 1.67. The Morgan fingerprint density at radius 3 is 2.32 bits per heavy atom. The van der Waals surface area contributed by atoms with Crippen LogP contribution in [0.25, 0.3) is 0 Å². The van der Waals surface area contributed by atoms with E-state index in [4.69, 9.17) is 10.5 Å². The van der Waals surface area contributed by atoms with E-state index in [0.29, 0.717) is 17.1 Å². The van der Waals surface area contributed by atoms with Gasteiger partial charge in [-0.15, -0.1) is 0 Å². The molecule has 0 saturated heterocycles. The van der Waals surface area contributed by atoms with Crippen LogP contribution in [0.2, 0.25) is 0 Å². The number of anilines is 1. The van der Waals surface area contributed by atoms with E-state index in [2.05, 4.69) is 0 Å². The summed E-state index contributed by atoms with van der Waals surface area (Å²) in [6.07, 6.45) is 0. The molecule has 0 aliphatic heterocycles. The number of carbonyl (C=O) groups excluding carboxylic acids is 1. The van der Waals surface area contributed by atoms with Gasteiger partial charge in [0.25, 0.3) is 0 Å². The zero-order chi connectivity index (χ0) is 13.8. The quantitative estimate of drug-likeness (QED) is 0.915. The van der Waals surface area contributed by atoms with Crippen molar-refractivity contribution in [1.29, 1.82) is 0 Å². The summed E-state index contributed by atoms with van der Waals surface area (Å²) >= 11 is 0. The third-order valence-corrected chi connectivity index (χ3v) is 2.69. The number of nitrogens with two attached hydrogens (primary N) is 1. The van der Waals surface area contributed by atoms with Crippen molar-refractivity contribution in [2.24, 2.45) is 5.73 Å². The van der Waals surface area contributed by atoms with Crippen LogP contribution in [0.5, 0.6) is 11.5 Å². The number of carbonyl (C=O) groups is 1. The summed E-state index contributed by atoms with van der Waals surface area (Å²) in [6.45, 7) is 0. The molecule has 1 amide bonds. The van der Waals surface area contributed by atoms with Crippen molar-refractivity contribution >= 4 is 11.6 Å². The van der Waals surface area contributed by atoms with Crippen LogP contribution in [-0.4, -0.2) is 20.0 Å². The highest BCUT2D eigenvalue weighted by atomic mass is 16.5. The highest BCUT2D eigenvalue weighted by Gasteiger charge is 2.04. The molecule has 0 bridgehead atoms. The zero-order valence-electron chi connectivity index (χ0n) is 11.0. The number of amides is 1.